The minimum absolute atomic E-state index is 0.0607. The average molecular weight is 683 g/mol. The summed E-state index contributed by atoms with van der Waals surface area (Å²) in [5, 5.41) is 8.68. The summed E-state index contributed by atoms with van der Waals surface area (Å²) >= 11 is 13.5. The fourth-order valence-electron chi connectivity index (χ4n) is 4.44. The molecule has 5 rings (SSSR count). The second-order valence-electron chi connectivity index (χ2n) is 10.2. The van der Waals surface area contributed by atoms with Gasteiger partial charge >= 0.3 is 0 Å². The van der Waals surface area contributed by atoms with E-state index in [0.717, 1.165) is 10.5 Å². The van der Waals surface area contributed by atoms with Crippen LogP contribution in [0.3, 0.4) is 0 Å². The number of halogens is 2. The van der Waals surface area contributed by atoms with Crippen LogP contribution in [0.2, 0.25) is 10.0 Å². The van der Waals surface area contributed by atoms with Crippen LogP contribution in [0.25, 0.3) is 6.08 Å². The standard InChI is InChI=1S/C37H29Cl2N3O4S/c1-46-29-17-12-24(13-18-29)22-33(42-35(43)26-10-6-3-7-11-26)36(44)40-27-14-19-30(20-15-27)47-34(25-8-4-2-5-9-25)37(45)41-28-16-21-31(38)32(39)23-28/h2-23,34H,1H3,(H,40,44)(H,41,45)(H,42,43)/b33-22-. The Morgan fingerprint density at radius 2 is 1.36 bits per heavy atom. The van der Waals surface area contributed by atoms with Gasteiger partial charge in [-0.15, -0.1) is 11.8 Å². The first-order valence-electron chi connectivity index (χ1n) is 14.4. The molecule has 1 atom stereocenters. The van der Waals surface area contributed by atoms with Crippen molar-refractivity contribution < 1.29 is 19.1 Å². The number of methoxy groups -OCH3 is 1. The van der Waals surface area contributed by atoms with Gasteiger partial charge < -0.3 is 20.7 Å². The van der Waals surface area contributed by atoms with E-state index in [1.807, 2.05) is 48.5 Å². The number of hydrogen-bond donors (Lipinski definition) is 3. The number of thioether (sulfide) groups is 1. The van der Waals surface area contributed by atoms with Crippen LogP contribution >= 0.6 is 35.0 Å². The largest absolute Gasteiger partial charge is 0.497 e. The molecule has 236 valence electrons. The van der Waals surface area contributed by atoms with E-state index in [0.29, 0.717) is 38.3 Å². The Morgan fingerprint density at radius 1 is 0.723 bits per heavy atom. The lowest BCUT2D eigenvalue weighted by atomic mass is 10.1. The van der Waals surface area contributed by atoms with Gasteiger partial charge in [0.15, 0.2) is 0 Å². The van der Waals surface area contributed by atoms with Crippen LogP contribution in [0.5, 0.6) is 5.75 Å². The molecule has 7 nitrogen and oxygen atoms in total. The average Bonchev–Trinajstić information content (AvgIpc) is 3.10. The Hall–Kier alpha value is -5.02. The van der Waals surface area contributed by atoms with Gasteiger partial charge in [0.1, 0.15) is 16.7 Å². The van der Waals surface area contributed by atoms with Crippen LogP contribution in [-0.4, -0.2) is 24.8 Å². The normalized spacial score (nSPS) is 11.7. The van der Waals surface area contributed by atoms with Gasteiger partial charge in [-0.2, -0.15) is 0 Å². The monoisotopic (exact) mass is 681 g/mol. The highest BCUT2D eigenvalue weighted by molar-refractivity contribution is 8.00. The SMILES string of the molecule is COc1ccc(/C=C(\NC(=O)c2ccccc2)C(=O)Nc2ccc(SC(C(=O)Nc3ccc(Cl)c(Cl)c3)c3ccccc3)cc2)cc1. The van der Waals surface area contributed by atoms with Gasteiger partial charge in [0.2, 0.25) is 5.91 Å². The van der Waals surface area contributed by atoms with E-state index in [2.05, 4.69) is 16.0 Å². The van der Waals surface area contributed by atoms with Gasteiger partial charge in [-0.05, 0) is 83.9 Å². The molecule has 47 heavy (non-hydrogen) atoms. The van der Waals surface area contributed by atoms with Gasteiger partial charge in [-0.3, -0.25) is 14.4 Å². The number of anilines is 2. The Bertz CT molecular complexity index is 1890. The van der Waals surface area contributed by atoms with E-state index < -0.39 is 17.1 Å². The quantitative estimate of drug-likeness (QED) is 0.0956. The first kappa shape index (κ1) is 33.3. The molecule has 0 saturated carbocycles. The summed E-state index contributed by atoms with van der Waals surface area (Å²) in [6.45, 7) is 0. The van der Waals surface area contributed by atoms with Gasteiger partial charge in [-0.25, -0.2) is 0 Å². The van der Waals surface area contributed by atoms with Crippen molar-refractivity contribution in [2.45, 2.75) is 10.1 Å². The van der Waals surface area contributed by atoms with E-state index in [1.165, 1.54) is 11.8 Å². The molecular weight excluding hydrogens is 653 g/mol. The zero-order valence-electron chi connectivity index (χ0n) is 25.1. The fourth-order valence-corrected chi connectivity index (χ4v) is 5.77. The predicted octanol–water partition coefficient (Wildman–Crippen LogP) is 8.88. The molecule has 0 fully saturated rings. The number of benzene rings is 5. The molecule has 0 aliphatic carbocycles. The Balaban J connectivity index is 1.33. The maximum Gasteiger partial charge on any atom is 0.272 e. The first-order chi connectivity index (χ1) is 22.8. The van der Waals surface area contributed by atoms with Crippen molar-refractivity contribution in [1.29, 1.82) is 0 Å². The molecule has 3 N–H and O–H groups in total. The molecular formula is C37H29Cl2N3O4S. The van der Waals surface area contributed by atoms with Crippen molar-refractivity contribution in [3.8, 4) is 5.75 Å². The van der Waals surface area contributed by atoms with Crippen LogP contribution in [0.1, 0.15) is 26.7 Å². The third-order valence-corrected chi connectivity index (χ3v) is 8.85. The lowest BCUT2D eigenvalue weighted by Crippen LogP contribution is -2.30. The van der Waals surface area contributed by atoms with E-state index in [9.17, 15) is 14.4 Å². The number of hydrogen-bond acceptors (Lipinski definition) is 5. The summed E-state index contributed by atoms with van der Waals surface area (Å²) in [4.78, 5) is 40.7. The van der Waals surface area contributed by atoms with E-state index in [4.69, 9.17) is 27.9 Å². The fraction of sp³-hybridized carbons (Fsp3) is 0.0541. The molecule has 0 aromatic heterocycles. The summed E-state index contributed by atoms with van der Waals surface area (Å²) in [6.07, 6.45) is 1.59. The molecule has 0 bridgehead atoms. The van der Waals surface area contributed by atoms with Crippen molar-refractivity contribution in [3.63, 3.8) is 0 Å². The van der Waals surface area contributed by atoms with E-state index >= 15 is 0 Å². The molecule has 3 amide bonds. The summed E-state index contributed by atoms with van der Waals surface area (Å²) in [6, 6.07) is 37.2. The minimum Gasteiger partial charge on any atom is -0.497 e. The van der Waals surface area contributed by atoms with Gasteiger partial charge in [0, 0.05) is 21.8 Å². The van der Waals surface area contributed by atoms with E-state index in [-0.39, 0.29) is 11.6 Å². The summed E-state index contributed by atoms with van der Waals surface area (Å²) in [5.74, 6) is -0.493. The molecule has 5 aromatic carbocycles. The lowest BCUT2D eigenvalue weighted by molar-refractivity contribution is -0.116. The maximum atomic E-state index is 13.5. The minimum atomic E-state index is -0.585. The number of rotatable bonds is 11. The molecule has 1 unspecified atom stereocenters. The van der Waals surface area contributed by atoms with Gasteiger partial charge in [0.25, 0.3) is 11.8 Å². The topological polar surface area (TPSA) is 96.5 Å². The second kappa shape index (κ2) is 16.0. The zero-order valence-corrected chi connectivity index (χ0v) is 27.4. The highest BCUT2D eigenvalue weighted by Crippen LogP contribution is 2.37. The Kier molecular flexibility index (Phi) is 11.4. The maximum absolute atomic E-state index is 13.5. The van der Waals surface area contributed by atoms with Crippen LogP contribution in [0.4, 0.5) is 11.4 Å². The molecule has 5 aromatic rings. The van der Waals surface area contributed by atoms with Crippen molar-refractivity contribution >= 4 is 70.1 Å². The van der Waals surface area contributed by atoms with Crippen molar-refractivity contribution in [2.75, 3.05) is 17.7 Å². The molecule has 0 aliphatic heterocycles. The van der Waals surface area contributed by atoms with Gasteiger partial charge in [0.05, 0.1) is 17.2 Å². The summed E-state index contributed by atoms with van der Waals surface area (Å²) < 4.78 is 5.23. The highest BCUT2D eigenvalue weighted by Gasteiger charge is 2.23. The number of nitrogens with one attached hydrogen (secondary N) is 3. The molecule has 0 radical (unpaired) electrons. The van der Waals surface area contributed by atoms with Crippen LogP contribution < -0.4 is 20.7 Å². The third-order valence-electron chi connectivity index (χ3n) is 6.85. The first-order valence-corrected chi connectivity index (χ1v) is 16.0. The molecule has 0 saturated heterocycles. The van der Waals surface area contributed by atoms with Crippen LogP contribution in [0.15, 0.2) is 138 Å². The highest BCUT2D eigenvalue weighted by atomic mass is 35.5. The van der Waals surface area contributed by atoms with Crippen LogP contribution in [0, 0.1) is 0 Å². The second-order valence-corrected chi connectivity index (χ2v) is 12.1. The predicted molar refractivity (Wildman–Crippen MR) is 190 cm³/mol. The number of carbonyl (C=O) groups excluding carboxylic acids is 3. The lowest BCUT2D eigenvalue weighted by Gasteiger charge is -2.18. The third kappa shape index (κ3) is 9.26. The van der Waals surface area contributed by atoms with Gasteiger partial charge in [-0.1, -0.05) is 83.9 Å². The zero-order chi connectivity index (χ0) is 33.2. The number of carbonyl (C=O) groups is 3. The van der Waals surface area contributed by atoms with Crippen molar-refractivity contribution in [1.82, 2.24) is 5.32 Å². The molecule has 0 aliphatic rings. The Labute approximate surface area is 287 Å². The molecule has 0 heterocycles. The smallest absolute Gasteiger partial charge is 0.272 e. The molecule has 0 spiro atoms. The summed E-state index contributed by atoms with van der Waals surface area (Å²) in [7, 11) is 1.57. The van der Waals surface area contributed by atoms with Crippen molar-refractivity contribution in [3.05, 3.63) is 160 Å². The van der Waals surface area contributed by atoms with E-state index in [1.54, 1.807) is 92.0 Å². The molecule has 10 heteroatoms. The van der Waals surface area contributed by atoms with Crippen LogP contribution in [-0.2, 0) is 9.59 Å². The summed E-state index contributed by atoms with van der Waals surface area (Å²) in [5.41, 5.74) is 3.02. The van der Waals surface area contributed by atoms with Crippen molar-refractivity contribution in [2.24, 2.45) is 0 Å². The number of amides is 3. The Morgan fingerprint density at radius 3 is 2.00 bits per heavy atom. The number of ether oxygens (including phenoxy) is 1.